The van der Waals surface area contributed by atoms with Gasteiger partial charge in [-0.25, -0.2) is 4.39 Å². The molecule has 5 rings (SSSR count). The van der Waals surface area contributed by atoms with Gasteiger partial charge in [0.1, 0.15) is 17.7 Å². The molecule has 2 bridgehead atoms. The monoisotopic (exact) mass is 447 g/mol. The Morgan fingerprint density at radius 3 is 2.55 bits per heavy atom. The fourth-order valence-corrected chi connectivity index (χ4v) is 5.38. The second-order valence-corrected chi connectivity index (χ2v) is 8.99. The van der Waals surface area contributed by atoms with Crippen molar-refractivity contribution >= 4 is 22.5 Å². The highest BCUT2D eigenvalue weighted by Gasteiger charge is 2.45. The molecule has 0 amide bonds. The molecule has 1 aromatic carbocycles. The minimum Gasteiger partial charge on any atom is -0.490 e. The lowest BCUT2D eigenvalue weighted by molar-refractivity contribution is -0.125. The van der Waals surface area contributed by atoms with Crippen LogP contribution in [0.25, 0.3) is 10.9 Å². The molecular formula is C26H26FN3O3. The van der Waals surface area contributed by atoms with Crippen molar-refractivity contribution in [3.05, 3.63) is 66.4 Å². The number of ketones is 2. The van der Waals surface area contributed by atoms with Crippen molar-refractivity contribution in [3.8, 4) is 5.75 Å². The van der Waals surface area contributed by atoms with Crippen LogP contribution in [0, 0.1) is 5.82 Å². The Hall–Kier alpha value is -3.19. The first-order valence-corrected chi connectivity index (χ1v) is 11.4. The number of aromatic nitrogens is 2. The van der Waals surface area contributed by atoms with Gasteiger partial charge in [-0.1, -0.05) is 0 Å². The van der Waals surface area contributed by atoms with E-state index in [4.69, 9.17) is 4.74 Å². The van der Waals surface area contributed by atoms with E-state index < -0.39 is 0 Å². The molecule has 2 aliphatic heterocycles. The number of carbonyl (C=O) groups excluding carboxylic acids is 2. The van der Waals surface area contributed by atoms with Gasteiger partial charge >= 0.3 is 0 Å². The van der Waals surface area contributed by atoms with Crippen LogP contribution in [-0.2, 0) is 4.79 Å². The maximum atomic E-state index is 13.8. The Morgan fingerprint density at radius 1 is 1.09 bits per heavy atom. The Labute approximate surface area is 191 Å². The molecule has 6 nitrogen and oxygen atoms in total. The standard InChI is InChI=1S/C26H26FN3O3/c1-16(24(31)15-25(32)17-6-9-28-10-7-17)30-19-3-4-20(30)14-21(13-19)33-26-8-11-29-23-5-2-18(27)12-22(23)26/h2,5-12,16,19-21H,3-4,13-15H2,1H3. The van der Waals surface area contributed by atoms with Gasteiger partial charge in [0, 0.05) is 41.6 Å². The van der Waals surface area contributed by atoms with Gasteiger partial charge in [0.25, 0.3) is 0 Å². The summed E-state index contributed by atoms with van der Waals surface area (Å²) in [6, 6.07) is 9.73. The van der Waals surface area contributed by atoms with Gasteiger partial charge in [0.05, 0.1) is 18.0 Å². The van der Waals surface area contributed by atoms with Gasteiger partial charge < -0.3 is 4.74 Å². The van der Waals surface area contributed by atoms with Crippen LogP contribution in [0.1, 0.15) is 49.4 Å². The van der Waals surface area contributed by atoms with Crippen LogP contribution in [0.2, 0.25) is 0 Å². The molecule has 2 saturated heterocycles. The molecule has 170 valence electrons. The largest absolute Gasteiger partial charge is 0.490 e. The first kappa shape index (κ1) is 21.6. The summed E-state index contributed by atoms with van der Waals surface area (Å²) in [5.41, 5.74) is 1.22. The maximum absolute atomic E-state index is 13.8. The average Bonchev–Trinajstić information content (AvgIpc) is 3.09. The molecule has 3 unspecified atom stereocenters. The van der Waals surface area contributed by atoms with Crippen molar-refractivity contribution in [2.24, 2.45) is 0 Å². The van der Waals surface area contributed by atoms with Crippen LogP contribution in [-0.4, -0.2) is 50.7 Å². The summed E-state index contributed by atoms with van der Waals surface area (Å²) in [6.07, 6.45) is 8.30. The third-order valence-electron chi connectivity index (χ3n) is 6.95. The number of halogens is 1. The first-order valence-electron chi connectivity index (χ1n) is 11.4. The summed E-state index contributed by atoms with van der Waals surface area (Å²) < 4.78 is 20.1. The van der Waals surface area contributed by atoms with E-state index in [-0.39, 0.29) is 48.0 Å². The SMILES string of the molecule is CC(C(=O)CC(=O)c1ccncc1)N1C2CCC1CC(Oc1ccnc3ccc(F)cc13)C2. The van der Waals surface area contributed by atoms with E-state index in [1.807, 2.05) is 6.92 Å². The van der Waals surface area contributed by atoms with Gasteiger partial charge in [-0.2, -0.15) is 0 Å². The van der Waals surface area contributed by atoms with Crippen LogP contribution >= 0.6 is 0 Å². The molecule has 4 heterocycles. The highest BCUT2D eigenvalue weighted by Crippen LogP contribution is 2.39. The number of hydrogen-bond donors (Lipinski definition) is 0. The summed E-state index contributed by atoms with van der Waals surface area (Å²) in [5.74, 6) is 0.105. The van der Waals surface area contributed by atoms with Crippen molar-refractivity contribution in [3.63, 3.8) is 0 Å². The van der Waals surface area contributed by atoms with Crippen LogP contribution in [0.3, 0.4) is 0 Å². The van der Waals surface area contributed by atoms with E-state index in [2.05, 4.69) is 14.9 Å². The van der Waals surface area contributed by atoms with E-state index in [0.29, 0.717) is 22.2 Å². The molecule has 0 spiro atoms. The second-order valence-electron chi connectivity index (χ2n) is 8.99. The highest BCUT2D eigenvalue weighted by atomic mass is 19.1. The van der Waals surface area contributed by atoms with Gasteiger partial charge in [-0.05, 0) is 69.0 Å². The predicted molar refractivity (Wildman–Crippen MR) is 122 cm³/mol. The third-order valence-corrected chi connectivity index (χ3v) is 6.95. The number of piperidine rings is 1. The minimum atomic E-state index is -0.316. The molecule has 3 aromatic rings. The van der Waals surface area contributed by atoms with E-state index in [0.717, 1.165) is 25.7 Å². The van der Waals surface area contributed by atoms with Gasteiger partial charge in [-0.15, -0.1) is 0 Å². The third kappa shape index (κ3) is 4.37. The molecule has 2 aliphatic rings. The maximum Gasteiger partial charge on any atom is 0.170 e. The van der Waals surface area contributed by atoms with E-state index in [9.17, 15) is 14.0 Å². The first-order chi connectivity index (χ1) is 16.0. The molecule has 2 fully saturated rings. The predicted octanol–water partition coefficient (Wildman–Crippen LogP) is 4.37. The fourth-order valence-electron chi connectivity index (χ4n) is 5.38. The number of hydrogen-bond acceptors (Lipinski definition) is 6. The fraction of sp³-hybridized carbons (Fsp3) is 0.385. The van der Waals surface area contributed by atoms with Crippen LogP contribution in [0.4, 0.5) is 4.39 Å². The van der Waals surface area contributed by atoms with Crippen molar-refractivity contribution in [2.45, 2.75) is 63.3 Å². The van der Waals surface area contributed by atoms with Crippen LogP contribution in [0.15, 0.2) is 55.0 Å². The average molecular weight is 448 g/mol. The number of pyridine rings is 2. The highest BCUT2D eigenvalue weighted by molar-refractivity contribution is 6.09. The van der Waals surface area contributed by atoms with Crippen molar-refractivity contribution in [1.29, 1.82) is 0 Å². The molecule has 3 atom stereocenters. The topological polar surface area (TPSA) is 72.4 Å². The number of Topliss-reactive ketones (excluding diaryl/α,β-unsaturated/α-hetero) is 2. The van der Waals surface area contributed by atoms with Gasteiger partial charge in [0.2, 0.25) is 0 Å². The van der Waals surface area contributed by atoms with E-state index in [1.165, 1.54) is 12.1 Å². The summed E-state index contributed by atoms with van der Waals surface area (Å²) in [5, 5.41) is 0.672. The summed E-state index contributed by atoms with van der Waals surface area (Å²) >= 11 is 0. The minimum absolute atomic E-state index is 0.00614. The van der Waals surface area contributed by atoms with Crippen molar-refractivity contribution in [1.82, 2.24) is 14.9 Å². The Morgan fingerprint density at radius 2 is 1.82 bits per heavy atom. The molecule has 33 heavy (non-hydrogen) atoms. The smallest absolute Gasteiger partial charge is 0.170 e. The zero-order valence-corrected chi connectivity index (χ0v) is 18.5. The second kappa shape index (κ2) is 8.98. The molecule has 0 radical (unpaired) electrons. The Balaban J connectivity index is 1.26. The van der Waals surface area contributed by atoms with Crippen LogP contribution in [0.5, 0.6) is 5.75 Å². The lowest BCUT2D eigenvalue weighted by Gasteiger charge is -2.41. The molecular weight excluding hydrogens is 421 g/mol. The zero-order valence-electron chi connectivity index (χ0n) is 18.5. The Kier molecular flexibility index (Phi) is 5.89. The number of nitrogens with zero attached hydrogens (tertiary/aromatic N) is 3. The number of carbonyl (C=O) groups is 2. The van der Waals surface area contributed by atoms with E-state index >= 15 is 0 Å². The molecule has 2 aromatic heterocycles. The number of ether oxygens (including phenoxy) is 1. The zero-order chi connectivity index (χ0) is 22.9. The molecule has 7 heteroatoms. The van der Waals surface area contributed by atoms with Crippen molar-refractivity contribution in [2.75, 3.05) is 0 Å². The summed E-state index contributed by atoms with van der Waals surface area (Å²) in [7, 11) is 0. The Bertz CT molecular complexity index is 1170. The summed E-state index contributed by atoms with van der Waals surface area (Å²) in [4.78, 5) is 35.9. The summed E-state index contributed by atoms with van der Waals surface area (Å²) in [6.45, 7) is 1.91. The van der Waals surface area contributed by atoms with Crippen LogP contribution < -0.4 is 4.74 Å². The lowest BCUT2D eigenvalue weighted by atomic mass is 9.94. The lowest BCUT2D eigenvalue weighted by Crippen LogP contribution is -2.53. The van der Waals surface area contributed by atoms with Crippen molar-refractivity contribution < 1.29 is 18.7 Å². The molecule has 0 N–H and O–H groups in total. The van der Waals surface area contributed by atoms with Gasteiger partial charge in [0.15, 0.2) is 11.6 Å². The van der Waals surface area contributed by atoms with E-state index in [1.54, 1.807) is 42.9 Å². The quantitative estimate of drug-likeness (QED) is 0.396. The molecule has 0 saturated carbocycles. The van der Waals surface area contributed by atoms with Gasteiger partial charge in [-0.3, -0.25) is 24.5 Å². The molecule has 0 aliphatic carbocycles. The number of benzene rings is 1. The number of rotatable bonds is 7. The normalized spacial score (nSPS) is 23.4. The number of fused-ring (bicyclic) bond motifs is 3.